The molecule has 0 aliphatic rings. The summed E-state index contributed by atoms with van der Waals surface area (Å²) in [5.41, 5.74) is -0.187. The Morgan fingerprint density at radius 1 is 1.09 bits per heavy atom. The van der Waals surface area contributed by atoms with Gasteiger partial charge in [0.1, 0.15) is 16.8 Å². The molecular formula is C22H33N5O6. The Kier molecular flexibility index (Phi) is 8.23. The number of ether oxygens (including phenoxy) is 3. The highest BCUT2D eigenvalue weighted by atomic mass is 16.6. The van der Waals surface area contributed by atoms with E-state index in [2.05, 4.69) is 15.4 Å². The van der Waals surface area contributed by atoms with Crippen LogP contribution in [0, 0.1) is 0 Å². The van der Waals surface area contributed by atoms with Gasteiger partial charge in [0, 0.05) is 19.3 Å². The molecule has 182 valence electrons. The lowest BCUT2D eigenvalue weighted by atomic mass is 10.2. The number of carbonyl (C=O) groups excluding carboxylic acids is 3. The summed E-state index contributed by atoms with van der Waals surface area (Å²) < 4.78 is 17.3. The van der Waals surface area contributed by atoms with Gasteiger partial charge in [-0.3, -0.25) is 0 Å². The molecule has 2 rings (SSSR count). The fraction of sp³-hybridized carbons (Fsp3) is 0.591. The molecule has 0 aliphatic heterocycles. The molecule has 11 heteroatoms. The average molecular weight is 464 g/mol. The van der Waals surface area contributed by atoms with Gasteiger partial charge < -0.3 is 24.4 Å². The number of nitrogens with one attached hydrogen (secondary N) is 1. The van der Waals surface area contributed by atoms with Gasteiger partial charge in [-0.15, -0.1) is 0 Å². The highest BCUT2D eigenvalue weighted by Crippen LogP contribution is 2.16. The van der Waals surface area contributed by atoms with Gasteiger partial charge in [-0.05, 0) is 54.5 Å². The molecule has 0 unspecified atom stereocenters. The van der Waals surface area contributed by atoms with Crippen LogP contribution in [0.2, 0.25) is 0 Å². The van der Waals surface area contributed by atoms with E-state index in [1.54, 1.807) is 54.5 Å². The number of rotatable bonds is 7. The van der Waals surface area contributed by atoms with Crippen molar-refractivity contribution in [3.8, 4) is 0 Å². The molecule has 33 heavy (non-hydrogen) atoms. The number of nitrogens with zero attached hydrogens (tertiary/aromatic N) is 4. The largest absolute Gasteiger partial charge is 0.462 e. The monoisotopic (exact) mass is 463 g/mol. The van der Waals surface area contributed by atoms with Crippen LogP contribution in [0.5, 0.6) is 0 Å². The number of carbonyl (C=O) groups is 3. The van der Waals surface area contributed by atoms with E-state index in [0.717, 1.165) is 0 Å². The van der Waals surface area contributed by atoms with Crippen molar-refractivity contribution >= 4 is 23.8 Å². The normalized spacial score (nSPS) is 11.7. The van der Waals surface area contributed by atoms with Crippen molar-refractivity contribution in [2.45, 2.75) is 66.2 Å². The zero-order valence-electron chi connectivity index (χ0n) is 20.3. The SMILES string of the molecule is CCOC(=O)c1cnn2c(CN(CCNC(=O)OC(C)(C)C)C(=O)OC(C)(C)C)ccnc12. The third-order valence-electron chi connectivity index (χ3n) is 4.03. The number of hydrogen-bond donors (Lipinski definition) is 1. The highest BCUT2D eigenvalue weighted by Gasteiger charge is 2.25. The van der Waals surface area contributed by atoms with E-state index in [9.17, 15) is 14.4 Å². The van der Waals surface area contributed by atoms with Gasteiger partial charge in [0.15, 0.2) is 5.65 Å². The number of aromatic nitrogens is 3. The molecule has 0 bridgehead atoms. The maximum atomic E-state index is 12.8. The van der Waals surface area contributed by atoms with E-state index in [-0.39, 0.29) is 31.8 Å². The van der Waals surface area contributed by atoms with Gasteiger partial charge in [0.05, 0.1) is 25.0 Å². The van der Waals surface area contributed by atoms with Crippen molar-refractivity contribution in [3.05, 3.63) is 29.7 Å². The minimum atomic E-state index is -0.704. The third-order valence-corrected chi connectivity index (χ3v) is 4.03. The number of hydrogen-bond acceptors (Lipinski definition) is 8. The van der Waals surface area contributed by atoms with Gasteiger partial charge >= 0.3 is 18.2 Å². The van der Waals surface area contributed by atoms with Crippen molar-refractivity contribution in [2.24, 2.45) is 0 Å². The van der Waals surface area contributed by atoms with E-state index in [1.165, 1.54) is 21.8 Å². The predicted octanol–water partition coefficient (Wildman–Crippen LogP) is 3.17. The second kappa shape index (κ2) is 10.5. The molecular weight excluding hydrogens is 430 g/mol. The quantitative estimate of drug-likeness (QED) is 0.490. The highest BCUT2D eigenvalue weighted by molar-refractivity contribution is 5.95. The fourth-order valence-corrected chi connectivity index (χ4v) is 2.78. The van der Waals surface area contributed by atoms with Crippen LogP contribution in [0.1, 0.15) is 64.5 Å². The van der Waals surface area contributed by atoms with Crippen LogP contribution in [0.25, 0.3) is 5.65 Å². The molecule has 0 saturated carbocycles. The van der Waals surface area contributed by atoms with Crippen LogP contribution in [0.15, 0.2) is 18.5 Å². The minimum absolute atomic E-state index is 0.105. The Bertz CT molecular complexity index is 989. The number of amides is 2. The first-order valence-electron chi connectivity index (χ1n) is 10.7. The maximum absolute atomic E-state index is 12.8. The Morgan fingerprint density at radius 2 is 1.76 bits per heavy atom. The first kappa shape index (κ1) is 25.9. The molecule has 0 aliphatic carbocycles. The van der Waals surface area contributed by atoms with Gasteiger partial charge in [0.25, 0.3) is 0 Å². The summed E-state index contributed by atoms with van der Waals surface area (Å²) >= 11 is 0. The summed E-state index contributed by atoms with van der Waals surface area (Å²) in [5.74, 6) is -0.525. The fourth-order valence-electron chi connectivity index (χ4n) is 2.78. The Labute approximate surface area is 193 Å². The van der Waals surface area contributed by atoms with E-state index in [4.69, 9.17) is 14.2 Å². The van der Waals surface area contributed by atoms with Crippen molar-refractivity contribution in [2.75, 3.05) is 19.7 Å². The summed E-state index contributed by atoms with van der Waals surface area (Å²) in [4.78, 5) is 42.6. The second-order valence-electron chi connectivity index (χ2n) is 9.28. The average Bonchev–Trinajstić information content (AvgIpc) is 3.09. The predicted molar refractivity (Wildman–Crippen MR) is 120 cm³/mol. The van der Waals surface area contributed by atoms with E-state index >= 15 is 0 Å². The van der Waals surface area contributed by atoms with Crippen molar-refractivity contribution < 1.29 is 28.6 Å². The van der Waals surface area contributed by atoms with Gasteiger partial charge in [-0.1, -0.05) is 0 Å². The molecule has 0 fully saturated rings. The summed E-state index contributed by atoms with van der Waals surface area (Å²) in [6, 6.07) is 1.69. The molecule has 0 spiro atoms. The van der Waals surface area contributed by atoms with Crippen LogP contribution in [0.3, 0.4) is 0 Å². The minimum Gasteiger partial charge on any atom is -0.462 e. The Morgan fingerprint density at radius 3 is 2.36 bits per heavy atom. The van der Waals surface area contributed by atoms with Crippen LogP contribution in [-0.4, -0.2) is 68.6 Å². The zero-order valence-corrected chi connectivity index (χ0v) is 20.3. The molecule has 2 aromatic heterocycles. The summed E-state index contributed by atoms with van der Waals surface area (Å²) in [7, 11) is 0. The lowest BCUT2D eigenvalue weighted by Gasteiger charge is -2.28. The molecule has 0 aromatic carbocycles. The molecule has 0 atom stereocenters. The lowest BCUT2D eigenvalue weighted by molar-refractivity contribution is 0.0221. The second-order valence-corrected chi connectivity index (χ2v) is 9.28. The number of fused-ring (bicyclic) bond motifs is 1. The van der Waals surface area contributed by atoms with Crippen molar-refractivity contribution in [1.82, 2.24) is 24.8 Å². The third kappa shape index (κ3) is 7.92. The van der Waals surface area contributed by atoms with Crippen LogP contribution in [-0.2, 0) is 20.8 Å². The van der Waals surface area contributed by atoms with Crippen LogP contribution >= 0.6 is 0 Å². The van der Waals surface area contributed by atoms with E-state index in [0.29, 0.717) is 11.3 Å². The standard InChI is InChI=1S/C22H33N5O6/c1-8-31-18(28)16-13-25-27-15(9-10-23-17(16)27)14-26(20(30)33-22(5,6)7)12-11-24-19(29)32-21(2,3)4/h9-10,13H,8,11-12,14H2,1-7H3,(H,24,29). The molecule has 2 aromatic rings. The molecule has 1 N–H and O–H groups in total. The van der Waals surface area contributed by atoms with Gasteiger partial charge in [-0.25, -0.2) is 23.9 Å². The molecule has 0 saturated heterocycles. The Hall–Kier alpha value is -3.37. The van der Waals surface area contributed by atoms with E-state index in [1.807, 2.05) is 0 Å². The van der Waals surface area contributed by atoms with E-state index < -0.39 is 29.4 Å². The zero-order chi connectivity index (χ0) is 24.8. The summed E-state index contributed by atoms with van der Waals surface area (Å²) in [6.45, 7) is 13.0. The lowest BCUT2D eigenvalue weighted by Crippen LogP contribution is -2.42. The molecule has 2 heterocycles. The Balaban J connectivity index is 2.22. The topological polar surface area (TPSA) is 124 Å². The summed E-state index contributed by atoms with van der Waals surface area (Å²) in [5, 5.41) is 6.88. The molecule has 2 amide bonds. The van der Waals surface area contributed by atoms with Crippen LogP contribution < -0.4 is 5.32 Å². The van der Waals surface area contributed by atoms with Crippen LogP contribution in [0.4, 0.5) is 9.59 Å². The maximum Gasteiger partial charge on any atom is 0.410 e. The number of alkyl carbamates (subject to hydrolysis) is 1. The van der Waals surface area contributed by atoms with Gasteiger partial charge in [-0.2, -0.15) is 5.10 Å². The summed E-state index contributed by atoms with van der Waals surface area (Å²) in [6.07, 6.45) is 1.77. The molecule has 11 nitrogen and oxygen atoms in total. The number of esters is 1. The first-order valence-corrected chi connectivity index (χ1v) is 10.7. The van der Waals surface area contributed by atoms with Crippen molar-refractivity contribution in [3.63, 3.8) is 0 Å². The van der Waals surface area contributed by atoms with Gasteiger partial charge in [0.2, 0.25) is 0 Å². The van der Waals surface area contributed by atoms with Crippen molar-refractivity contribution in [1.29, 1.82) is 0 Å². The molecule has 0 radical (unpaired) electrons. The smallest absolute Gasteiger partial charge is 0.410 e. The first-order chi connectivity index (χ1) is 15.3.